The minimum atomic E-state index is -0.246. The summed E-state index contributed by atoms with van der Waals surface area (Å²) in [6.45, 7) is 4.04. The van der Waals surface area contributed by atoms with Crippen molar-refractivity contribution in [1.82, 2.24) is 19.7 Å². The molecule has 0 unspecified atom stereocenters. The van der Waals surface area contributed by atoms with Crippen molar-refractivity contribution in [2.45, 2.75) is 32.5 Å². The average molecular weight is 421 g/mol. The highest BCUT2D eigenvalue weighted by Crippen LogP contribution is 2.40. The van der Waals surface area contributed by atoms with Gasteiger partial charge in [-0.15, -0.1) is 0 Å². The van der Waals surface area contributed by atoms with Crippen LogP contribution < -0.4 is 15.1 Å². The third-order valence-electron chi connectivity index (χ3n) is 6.06. The fourth-order valence-electron chi connectivity index (χ4n) is 4.32. The lowest BCUT2D eigenvalue weighted by molar-refractivity contribution is -0.120. The van der Waals surface area contributed by atoms with Crippen LogP contribution in [-0.2, 0) is 17.9 Å². The second-order valence-corrected chi connectivity index (χ2v) is 8.23. The molecule has 2 aromatic heterocycles. The molecule has 1 amide bonds. The molecule has 4 heterocycles. The van der Waals surface area contributed by atoms with Crippen LogP contribution in [-0.4, -0.2) is 45.3 Å². The molecule has 5 rings (SSSR count). The van der Waals surface area contributed by atoms with Gasteiger partial charge in [0.1, 0.15) is 17.5 Å². The van der Waals surface area contributed by atoms with E-state index in [1.54, 1.807) is 36.5 Å². The lowest BCUT2D eigenvalue weighted by Gasteiger charge is -2.37. The molecule has 2 aliphatic heterocycles. The van der Waals surface area contributed by atoms with Crippen molar-refractivity contribution in [3.8, 4) is 0 Å². The van der Waals surface area contributed by atoms with Gasteiger partial charge in [-0.1, -0.05) is 19.1 Å². The number of nitrogens with one attached hydrogen (secondary N) is 1. The fraction of sp³-hybridized carbons (Fsp3) is 0.364. The second kappa shape index (κ2) is 7.64. The summed E-state index contributed by atoms with van der Waals surface area (Å²) in [5.74, 6) is 1.49. The molecule has 2 aliphatic rings. The highest BCUT2D eigenvalue weighted by atomic mass is 19.1. The molecule has 160 valence electrons. The van der Waals surface area contributed by atoms with Gasteiger partial charge in [-0.3, -0.25) is 9.48 Å². The Morgan fingerprint density at radius 3 is 2.81 bits per heavy atom. The van der Waals surface area contributed by atoms with Gasteiger partial charge in [0.2, 0.25) is 11.9 Å². The molecule has 0 aliphatic carbocycles. The number of hydrogen-bond acceptors (Lipinski definition) is 6. The highest BCUT2D eigenvalue weighted by Gasteiger charge is 2.44. The van der Waals surface area contributed by atoms with E-state index in [4.69, 9.17) is 4.98 Å². The Hall–Kier alpha value is -3.49. The van der Waals surface area contributed by atoms with Crippen molar-refractivity contribution in [1.29, 1.82) is 0 Å². The van der Waals surface area contributed by atoms with Crippen LogP contribution in [0.15, 0.2) is 42.9 Å². The average Bonchev–Trinajstić information content (AvgIpc) is 3.38. The summed E-state index contributed by atoms with van der Waals surface area (Å²) in [7, 11) is 1.79. The summed E-state index contributed by atoms with van der Waals surface area (Å²) in [5.41, 5.74) is 2.71. The molecule has 8 nitrogen and oxygen atoms in total. The molecule has 0 radical (unpaired) electrons. The molecule has 0 bridgehead atoms. The molecular weight excluding hydrogens is 397 g/mol. The van der Waals surface area contributed by atoms with E-state index < -0.39 is 0 Å². The maximum atomic E-state index is 13.1. The van der Waals surface area contributed by atoms with Crippen LogP contribution in [0.2, 0.25) is 0 Å². The molecule has 1 N–H and O–H groups in total. The molecule has 1 aromatic carbocycles. The van der Waals surface area contributed by atoms with Crippen molar-refractivity contribution in [3.05, 3.63) is 59.8 Å². The van der Waals surface area contributed by atoms with Crippen LogP contribution in [0.4, 0.5) is 21.8 Å². The smallest absolute Gasteiger partial charge is 0.249 e. The minimum absolute atomic E-state index is 0.107. The molecule has 31 heavy (non-hydrogen) atoms. The number of anilines is 3. The zero-order valence-corrected chi connectivity index (χ0v) is 17.5. The van der Waals surface area contributed by atoms with E-state index in [2.05, 4.69) is 27.2 Å². The molecule has 9 heteroatoms. The van der Waals surface area contributed by atoms with Gasteiger partial charge in [0.15, 0.2) is 5.82 Å². The maximum absolute atomic E-state index is 13.1. The molecule has 1 fully saturated rings. The van der Waals surface area contributed by atoms with Gasteiger partial charge in [0, 0.05) is 31.9 Å². The zero-order chi connectivity index (χ0) is 21.5. The third-order valence-corrected chi connectivity index (χ3v) is 6.06. The van der Waals surface area contributed by atoms with Gasteiger partial charge in [-0.05, 0) is 30.0 Å². The predicted molar refractivity (Wildman–Crippen MR) is 115 cm³/mol. The van der Waals surface area contributed by atoms with Gasteiger partial charge in [0.25, 0.3) is 0 Å². The summed E-state index contributed by atoms with van der Waals surface area (Å²) in [5, 5.41) is 7.63. The first-order valence-electron chi connectivity index (χ1n) is 10.4. The Labute approximate surface area is 179 Å². The summed E-state index contributed by atoms with van der Waals surface area (Å²) >= 11 is 0. The van der Waals surface area contributed by atoms with Gasteiger partial charge in [0.05, 0.1) is 18.9 Å². The second-order valence-electron chi connectivity index (χ2n) is 8.23. The molecule has 2 atom stereocenters. The summed E-state index contributed by atoms with van der Waals surface area (Å²) in [4.78, 5) is 25.6. The van der Waals surface area contributed by atoms with Crippen molar-refractivity contribution < 1.29 is 9.18 Å². The van der Waals surface area contributed by atoms with Crippen molar-refractivity contribution in [3.63, 3.8) is 0 Å². The number of aromatic nitrogens is 4. The van der Waals surface area contributed by atoms with Crippen LogP contribution in [0.1, 0.15) is 24.5 Å². The Morgan fingerprint density at radius 2 is 2.00 bits per heavy atom. The van der Waals surface area contributed by atoms with Crippen LogP contribution in [0.3, 0.4) is 0 Å². The van der Waals surface area contributed by atoms with Crippen LogP contribution in [0, 0.1) is 11.7 Å². The number of benzene rings is 1. The normalized spacial score (nSPS) is 20.0. The first-order valence-corrected chi connectivity index (χ1v) is 10.4. The van der Waals surface area contributed by atoms with E-state index in [-0.39, 0.29) is 17.8 Å². The number of halogens is 1. The quantitative estimate of drug-likeness (QED) is 0.682. The number of amides is 1. The summed E-state index contributed by atoms with van der Waals surface area (Å²) < 4.78 is 14.9. The van der Waals surface area contributed by atoms with Crippen LogP contribution in [0.5, 0.6) is 0 Å². The van der Waals surface area contributed by atoms with E-state index >= 15 is 0 Å². The number of nitrogens with zero attached hydrogens (tertiary/aromatic N) is 6. The zero-order valence-electron chi connectivity index (χ0n) is 17.5. The molecule has 0 spiro atoms. The van der Waals surface area contributed by atoms with Crippen molar-refractivity contribution in [2.75, 3.05) is 28.7 Å². The van der Waals surface area contributed by atoms with Gasteiger partial charge >= 0.3 is 0 Å². The number of carbonyl (C=O) groups excluding carboxylic acids is 1. The molecular formula is C22H24FN7O. The van der Waals surface area contributed by atoms with E-state index in [9.17, 15) is 9.18 Å². The topological polar surface area (TPSA) is 79.2 Å². The van der Waals surface area contributed by atoms with Gasteiger partial charge in [-0.2, -0.15) is 10.1 Å². The standard InChI is InChI=1S/C22H24FN7O/c1-14-7-8-30-19(14)21(31)28(2)18-11-25-22(27-20(18)30)24-9-16-10-26-29(13-16)12-15-3-5-17(23)6-4-15/h3-6,10-11,13-14,19H,7-9,12H2,1-2H3,(H,24,25,27)/t14-,19+/m0/s1. The number of rotatable bonds is 5. The number of carbonyl (C=O) groups is 1. The van der Waals surface area contributed by atoms with E-state index in [1.165, 1.54) is 12.1 Å². The number of fused-ring (bicyclic) bond motifs is 3. The number of likely N-dealkylation sites (N-methyl/N-ethyl adjacent to an activating group) is 1. The lowest BCUT2D eigenvalue weighted by atomic mass is 10.0. The van der Waals surface area contributed by atoms with Crippen LogP contribution >= 0.6 is 0 Å². The monoisotopic (exact) mass is 421 g/mol. The Bertz CT molecular complexity index is 1110. The third kappa shape index (κ3) is 3.60. The maximum Gasteiger partial charge on any atom is 0.249 e. The Kier molecular flexibility index (Phi) is 4.80. The Morgan fingerprint density at radius 1 is 1.19 bits per heavy atom. The lowest BCUT2D eigenvalue weighted by Crippen LogP contribution is -2.51. The molecule has 1 saturated heterocycles. The number of hydrogen-bond donors (Lipinski definition) is 1. The molecule has 3 aromatic rings. The fourth-order valence-corrected chi connectivity index (χ4v) is 4.32. The molecule has 0 saturated carbocycles. The predicted octanol–water partition coefficient (Wildman–Crippen LogP) is 2.66. The van der Waals surface area contributed by atoms with E-state index in [0.717, 1.165) is 35.6 Å². The van der Waals surface area contributed by atoms with E-state index in [0.29, 0.717) is 25.0 Å². The van der Waals surface area contributed by atoms with Crippen LogP contribution in [0.25, 0.3) is 0 Å². The van der Waals surface area contributed by atoms with Gasteiger partial charge in [-0.25, -0.2) is 9.37 Å². The first-order chi connectivity index (χ1) is 15.0. The SMILES string of the molecule is C[C@H]1CCN2c3nc(NCc4cnn(Cc5ccc(F)cc5)c4)ncc3N(C)C(=O)[C@@H]12. The summed E-state index contributed by atoms with van der Waals surface area (Å²) in [6.07, 6.45) is 6.42. The van der Waals surface area contributed by atoms with E-state index in [1.807, 2.05) is 10.9 Å². The van der Waals surface area contributed by atoms with Gasteiger partial charge < -0.3 is 15.1 Å². The first kappa shape index (κ1) is 19.5. The summed E-state index contributed by atoms with van der Waals surface area (Å²) in [6, 6.07) is 6.26. The largest absolute Gasteiger partial charge is 0.350 e. The highest BCUT2D eigenvalue weighted by molar-refractivity contribution is 6.04. The minimum Gasteiger partial charge on any atom is -0.350 e. The van der Waals surface area contributed by atoms with Crippen molar-refractivity contribution in [2.24, 2.45) is 5.92 Å². The Balaban J connectivity index is 1.28. The van der Waals surface area contributed by atoms with Crippen molar-refractivity contribution >= 4 is 23.4 Å².